The molecule has 0 aliphatic carbocycles. The van der Waals surface area contributed by atoms with E-state index >= 15 is 0 Å². The minimum Gasteiger partial charge on any atom is -0.350 e. The standard InChI is InChI=1S/C13H19N5O/c1-9-5-6-15-18(9)8-13(19)14-7-12-10(2)16-17(4)11(12)3/h5-6H,7-8H2,1-4H3,(H,14,19). The van der Waals surface area contributed by atoms with Crippen molar-refractivity contribution in [1.29, 1.82) is 0 Å². The lowest BCUT2D eigenvalue weighted by Crippen LogP contribution is -2.28. The van der Waals surface area contributed by atoms with Gasteiger partial charge in [-0.1, -0.05) is 0 Å². The molecule has 0 atom stereocenters. The molecule has 0 aliphatic heterocycles. The van der Waals surface area contributed by atoms with Crippen LogP contribution in [-0.2, 0) is 24.9 Å². The van der Waals surface area contributed by atoms with Crippen molar-refractivity contribution in [1.82, 2.24) is 24.9 Å². The van der Waals surface area contributed by atoms with E-state index in [9.17, 15) is 4.79 Å². The Balaban J connectivity index is 1.95. The molecule has 0 fully saturated rings. The van der Waals surface area contributed by atoms with Gasteiger partial charge in [0.1, 0.15) is 6.54 Å². The molecule has 2 heterocycles. The summed E-state index contributed by atoms with van der Waals surface area (Å²) in [6.45, 7) is 6.63. The molecule has 2 rings (SSSR count). The summed E-state index contributed by atoms with van der Waals surface area (Å²) >= 11 is 0. The van der Waals surface area contributed by atoms with E-state index in [0.29, 0.717) is 6.54 Å². The molecule has 0 radical (unpaired) electrons. The van der Waals surface area contributed by atoms with E-state index in [0.717, 1.165) is 22.6 Å². The molecule has 2 aromatic heterocycles. The zero-order valence-electron chi connectivity index (χ0n) is 11.8. The molecule has 1 N–H and O–H groups in total. The van der Waals surface area contributed by atoms with Crippen LogP contribution in [0.1, 0.15) is 22.6 Å². The van der Waals surface area contributed by atoms with Crippen molar-refractivity contribution in [3.8, 4) is 0 Å². The molecule has 0 saturated carbocycles. The number of aryl methyl sites for hydroxylation is 3. The number of nitrogens with zero attached hydrogens (tertiary/aromatic N) is 4. The highest BCUT2D eigenvalue weighted by atomic mass is 16.2. The fourth-order valence-electron chi connectivity index (χ4n) is 2.02. The Morgan fingerprint density at radius 2 is 2.11 bits per heavy atom. The molecule has 19 heavy (non-hydrogen) atoms. The quantitative estimate of drug-likeness (QED) is 0.887. The van der Waals surface area contributed by atoms with Gasteiger partial charge < -0.3 is 5.32 Å². The number of rotatable bonds is 4. The minimum atomic E-state index is -0.0468. The molecule has 102 valence electrons. The molecular formula is C13H19N5O. The van der Waals surface area contributed by atoms with E-state index in [1.165, 1.54) is 0 Å². The van der Waals surface area contributed by atoms with Crippen molar-refractivity contribution in [2.45, 2.75) is 33.9 Å². The highest BCUT2D eigenvalue weighted by Gasteiger charge is 2.11. The fourth-order valence-corrected chi connectivity index (χ4v) is 2.02. The zero-order chi connectivity index (χ0) is 14.0. The lowest BCUT2D eigenvalue weighted by molar-refractivity contribution is -0.122. The third-order valence-electron chi connectivity index (χ3n) is 3.34. The third kappa shape index (κ3) is 2.83. The van der Waals surface area contributed by atoms with Crippen molar-refractivity contribution in [2.24, 2.45) is 7.05 Å². The van der Waals surface area contributed by atoms with E-state index < -0.39 is 0 Å². The summed E-state index contributed by atoms with van der Waals surface area (Å²) in [6, 6.07) is 1.88. The molecule has 1 amide bonds. The van der Waals surface area contributed by atoms with Gasteiger partial charge in [0.15, 0.2) is 0 Å². The maximum absolute atomic E-state index is 11.9. The Bertz CT molecular complexity index is 596. The molecule has 2 aromatic rings. The SMILES string of the molecule is Cc1nn(C)c(C)c1CNC(=O)Cn1nccc1C. The van der Waals surface area contributed by atoms with Crippen molar-refractivity contribution >= 4 is 5.91 Å². The summed E-state index contributed by atoms with van der Waals surface area (Å²) in [5.74, 6) is -0.0468. The van der Waals surface area contributed by atoms with Crippen LogP contribution in [0, 0.1) is 20.8 Å². The van der Waals surface area contributed by atoms with Gasteiger partial charge in [0.25, 0.3) is 0 Å². The highest BCUT2D eigenvalue weighted by molar-refractivity contribution is 5.75. The molecule has 6 nitrogen and oxygen atoms in total. The molecular weight excluding hydrogens is 242 g/mol. The van der Waals surface area contributed by atoms with Crippen molar-refractivity contribution in [2.75, 3.05) is 0 Å². The summed E-state index contributed by atoms with van der Waals surface area (Å²) in [6.07, 6.45) is 1.69. The summed E-state index contributed by atoms with van der Waals surface area (Å²) in [4.78, 5) is 11.9. The molecule has 0 spiro atoms. The molecule has 6 heteroatoms. The Kier molecular flexibility index (Phi) is 3.69. The van der Waals surface area contributed by atoms with Gasteiger partial charge in [-0.05, 0) is 26.8 Å². The summed E-state index contributed by atoms with van der Waals surface area (Å²) in [5, 5.41) is 11.3. The predicted molar refractivity (Wildman–Crippen MR) is 71.5 cm³/mol. The first-order valence-electron chi connectivity index (χ1n) is 6.23. The fraction of sp³-hybridized carbons (Fsp3) is 0.462. The second kappa shape index (κ2) is 5.26. The molecule has 0 aromatic carbocycles. The van der Waals surface area contributed by atoms with Gasteiger partial charge in [-0.2, -0.15) is 10.2 Å². The molecule has 0 aliphatic rings. The van der Waals surface area contributed by atoms with Crippen LogP contribution < -0.4 is 5.32 Å². The maximum atomic E-state index is 11.9. The van der Waals surface area contributed by atoms with Crippen molar-refractivity contribution < 1.29 is 4.79 Å². The smallest absolute Gasteiger partial charge is 0.242 e. The number of carbonyl (C=O) groups excluding carboxylic acids is 1. The van der Waals surface area contributed by atoms with Crippen LogP contribution in [0.3, 0.4) is 0 Å². The first-order chi connectivity index (χ1) is 8.99. The normalized spacial score (nSPS) is 10.7. The zero-order valence-corrected chi connectivity index (χ0v) is 11.8. The number of hydrogen-bond acceptors (Lipinski definition) is 3. The van der Waals surface area contributed by atoms with Gasteiger partial charge in [-0.3, -0.25) is 14.2 Å². The van der Waals surface area contributed by atoms with Crippen molar-refractivity contribution in [3.63, 3.8) is 0 Å². The predicted octanol–water partition coefficient (Wildman–Crippen LogP) is 0.858. The van der Waals surface area contributed by atoms with Crippen LogP contribution in [0.5, 0.6) is 0 Å². The van der Waals surface area contributed by atoms with Crippen LogP contribution in [-0.4, -0.2) is 25.5 Å². The highest BCUT2D eigenvalue weighted by Crippen LogP contribution is 2.11. The summed E-state index contributed by atoms with van der Waals surface area (Å²) in [5.41, 5.74) is 4.08. The number of amides is 1. The van der Waals surface area contributed by atoms with E-state index in [1.807, 2.05) is 38.6 Å². The van der Waals surface area contributed by atoms with E-state index in [-0.39, 0.29) is 12.5 Å². The topological polar surface area (TPSA) is 64.7 Å². The van der Waals surface area contributed by atoms with Gasteiger partial charge >= 0.3 is 0 Å². The Morgan fingerprint density at radius 1 is 1.37 bits per heavy atom. The van der Waals surface area contributed by atoms with E-state index in [4.69, 9.17) is 0 Å². The van der Waals surface area contributed by atoms with Gasteiger partial charge in [0.2, 0.25) is 5.91 Å². The largest absolute Gasteiger partial charge is 0.350 e. The number of nitrogens with one attached hydrogen (secondary N) is 1. The summed E-state index contributed by atoms with van der Waals surface area (Å²) < 4.78 is 3.51. The average molecular weight is 261 g/mol. The molecule has 0 unspecified atom stereocenters. The van der Waals surface area contributed by atoms with Gasteiger partial charge in [0.05, 0.1) is 5.69 Å². The van der Waals surface area contributed by atoms with Crippen molar-refractivity contribution in [3.05, 3.63) is 34.9 Å². The average Bonchev–Trinajstić information content (AvgIpc) is 2.84. The number of carbonyl (C=O) groups is 1. The lowest BCUT2D eigenvalue weighted by Gasteiger charge is -2.07. The Labute approximate surface area is 112 Å². The van der Waals surface area contributed by atoms with Crippen LogP contribution in [0.2, 0.25) is 0 Å². The first kappa shape index (κ1) is 13.3. The van der Waals surface area contributed by atoms with E-state index in [2.05, 4.69) is 15.5 Å². The molecule has 0 bridgehead atoms. The Hall–Kier alpha value is -2.11. The monoisotopic (exact) mass is 261 g/mol. The summed E-state index contributed by atoms with van der Waals surface area (Å²) in [7, 11) is 1.90. The lowest BCUT2D eigenvalue weighted by atomic mass is 10.2. The minimum absolute atomic E-state index is 0.0468. The van der Waals surface area contributed by atoms with Gasteiger partial charge in [0, 0.05) is 36.7 Å². The number of aromatic nitrogens is 4. The number of hydrogen-bond donors (Lipinski definition) is 1. The maximum Gasteiger partial charge on any atom is 0.242 e. The van der Waals surface area contributed by atoms with E-state index in [1.54, 1.807) is 10.9 Å². The van der Waals surface area contributed by atoms with Crippen LogP contribution in [0.4, 0.5) is 0 Å². The van der Waals surface area contributed by atoms with Crippen LogP contribution >= 0.6 is 0 Å². The second-order valence-corrected chi connectivity index (χ2v) is 4.68. The van der Waals surface area contributed by atoms with Gasteiger partial charge in [-0.25, -0.2) is 0 Å². The van der Waals surface area contributed by atoms with Crippen LogP contribution in [0.25, 0.3) is 0 Å². The van der Waals surface area contributed by atoms with Crippen LogP contribution in [0.15, 0.2) is 12.3 Å². The third-order valence-corrected chi connectivity index (χ3v) is 3.34. The molecule has 0 saturated heterocycles. The van der Waals surface area contributed by atoms with Gasteiger partial charge in [-0.15, -0.1) is 0 Å². The second-order valence-electron chi connectivity index (χ2n) is 4.68. The Morgan fingerprint density at radius 3 is 2.63 bits per heavy atom. The first-order valence-corrected chi connectivity index (χ1v) is 6.23.